The smallest absolute Gasteiger partial charge is 0.128 e. The van der Waals surface area contributed by atoms with Crippen LogP contribution in [-0.2, 0) is 6.54 Å². The van der Waals surface area contributed by atoms with Gasteiger partial charge in [0.1, 0.15) is 5.82 Å². The lowest BCUT2D eigenvalue weighted by atomic mass is 10.2. The van der Waals surface area contributed by atoms with Gasteiger partial charge in [0.15, 0.2) is 0 Å². The Morgan fingerprint density at radius 1 is 1.25 bits per heavy atom. The predicted octanol–water partition coefficient (Wildman–Crippen LogP) is 2.62. The van der Waals surface area contributed by atoms with Gasteiger partial charge in [-0.1, -0.05) is 25.4 Å². The third-order valence-electron chi connectivity index (χ3n) is 3.11. The van der Waals surface area contributed by atoms with E-state index in [9.17, 15) is 0 Å². The van der Waals surface area contributed by atoms with Gasteiger partial charge in [-0.25, -0.2) is 4.98 Å². The maximum Gasteiger partial charge on any atom is 0.128 e. The largest absolute Gasteiger partial charge is 0.360 e. The molecular formula is C15H27ClN4. The third-order valence-corrected chi connectivity index (χ3v) is 3.45. The standard InChI is InChI=1S/C15H27ClN4/c1-12(2)17-10-13-9-15(18-11-14(13)16)20(5)8-6-7-19(3)4/h9,11-12,17H,6-8,10H2,1-5H3. The molecule has 0 aliphatic rings. The zero-order chi connectivity index (χ0) is 15.1. The number of nitrogens with one attached hydrogen (secondary N) is 1. The van der Waals surface area contributed by atoms with Crippen molar-refractivity contribution in [1.82, 2.24) is 15.2 Å². The highest BCUT2D eigenvalue weighted by Crippen LogP contribution is 2.20. The minimum absolute atomic E-state index is 0.445. The molecule has 0 aliphatic carbocycles. The molecule has 0 saturated heterocycles. The van der Waals surface area contributed by atoms with Crippen LogP contribution in [0.25, 0.3) is 0 Å². The molecule has 0 saturated carbocycles. The molecule has 0 aromatic carbocycles. The minimum Gasteiger partial charge on any atom is -0.360 e. The van der Waals surface area contributed by atoms with Crippen LogP contribution in [0.3, 0.4) is 0 Å². The summed E-state index contributed by atoms with van der Waals surface area (Å²) in [5.41, 5.74) is 1.10. The summed E-state index contributed by atoms with van der Waals surface area (Å²) in [6.45, 7) is 7.11. The maximum atomic E-state index is 6.20. The van der Waals surface area contributed by atoms with Gasteiger partial charge in [0.05, 0.1) is 5.02 Å². The number of anilines is 1. The summed E-state index contributed by atoms with van der Waals surface area (Å²) in [6.07, 6.45) is 2.87. The SMILES string of the molecule is CC(C)NCc1cc(N(C)CCCN(C)C)ncc1Cl. The van der Waals surface area contributed by atoms with Crippen LogP contribution in [-0.4, -0.2) is 50.2 Å². The second kappa shape index (κ2) is 8.45. The Hall–Kier alpha value is -0.840. The average molecular weight is 299 g/mol. The second-order valence-electron chi connectivity index (χ2n) is 5.75. The normalized spacial score (nSPS) is 11.4. The van der Waals surface area contributed by atoms with Crippen LogP contribution >= 0.6 is 11.6 Å². The zero-order valence-electron chi connectivity index (χ0n) is 13.3. The first-order valence-corrected chi connectivity index (χ1v) is 7.51. The lowest BCUT2D eigenvalue weighted by Crippen LogP contribution is -2.25. The Balaban J connectivity index is 2.63. The van der Waals surface area contributed by atoms with Gasteiger partial charge >= 0.3 is 0 Å². The maximum absolute atomic E-state index is 6.20. The van der Waals surface area contributed by atoms with Crippen molar-refractivity contribution in [2.75, 3.05) is 39.1 Å². The number of hydrogen-bond donors (Lipinski definition) is 1. The Kier molecular flexibility index (Phi) is 7.27. The molecule has 0 fully saturated rings. The predicted molar refractivity (Wildman–Crippen MR) is 87.7 cm³/mol. The minimum atomic E-state index is 0.445. The van der Waals surface area contributed by atoms with Crippen LogP contribution in [0.2, 0.25) is 5.02 Å². The molecular weight excluding hydrogens is 272 g/mol. The summed E-state index contributed by atoms with van der Waals surface area (Å²) in [6, 6.07) is 2.52. The molecule has 1 heterocycles. The molecule has 0 bridgehead atoms. The van der Waals surface area contributed by atoms with Crippen molar-refractivity contribution in [3.8, 4) is 0 Å². The molecule has 1 N–H and O–H groups in total. The molecule has 0 radical (unpaired) electrons. The van der Waals surface area contributed by atoms with Gasteiger partial charge in [-0.2, -0.15) is 0 Å². The molecule has 0 unspecified atom stereocenters. The number of hydrogen-bond acceptors (Lipinski definition) is 4. The summed E-state index contributed by atoms with van der Waals surface area (Å²) in [5.74, 6) is 0.980. The summed E-state index contributed by atoms with van der Waals surface area (Å²) in [4.78, 5) is 8.79. The van der Waals surface area contributed by atoms with E-state index in [2.05, 4.69) is 61.2 Å². The average Bonchev–Trinajstić information content (AvgIpc) is 2.37. The zero-order valence-corrected chi connectivity index (χ0v) is 14.0. The van der Waals surface area contributed by atoms with Crippen molar-refractivity contribution in [2.24, 2.45) is 0 Å². The summed E-state index contributed by atoms with van der Waals surface area (Å²) < 4.78 is 0. The first-order valence-electron chi connectivity index (χ1n) is 7.13. The van der Waals surface area contributed by atoms with Gasteiger partial charge in [-0.3, -0.25) is 0 Å². The highest BCUT2D eigenvalue weighted by molar-refractivity contribution is 6.31. The number of pyridine rings is 1. The van der Waals surface area contributed by atoms with Gasteiger partial charge in [-0.05, 0) is 38.7 Å². The van der Waals surface area contributed by atoms with Crippen LogP contribution in [0.5, 0.6) is 0 Å². The van der Waals surface area contributed by atoms with E-state index in [1.165, 1.54) is 0 Å². The molecule has 0 spiro atoms. The van der Waals surface area contributed by atoms with Crippen molar-refractivity contribution in [2.45, 2.75) is 32.9 Å². The summed E-state index contributed by atoms with van der Waals surface area (Å²) in [5, 5.41) is 4.11. The molecule has 0 atom stereocenters. The van der Waals surface area contributed by atoms with Gasteiger partial charge < -0.3 is 15.1 Å². The summed E-state index contributed by atoms with van der Waals surface area (Å²) in [7, 11) is 6.26. The van der Waals surface area contributed by atoms with Crippen LogP contribution in [0.4, 0.5) is 5.82 Å². The lowest BCUT2D eigenvalue weighted by molar-refractivity contribution is 0.401. The molecule has 0 amide bonds. The van der Waals surface area contributed by atoms with Gasteiger partial charge in [0, 0.05) is 32.4 Å². The van der Waals surface area contributed by atoms with Crippen molar-refractivity contribution in [3.05, 3.63) is 22.8 Å². The van der Waals surface area contributed by atoms with Gasteiger partial charge in [0.25, 0.3) is 0 Å². The lowest BCUT2D eigenvalue weighted by Gasteiger charge is -2.20. The Morgan fingerprint density at radius 3 is 2.55 bits per heavy atom. The second-order valence-corrected chi connectivity index (χ2v) is 6.16. The first-order chi connectivity index (χ1) is 9.40. The fourth-order valence-electron chi connectivity index (χ4n) is 1.86. The Labute approximate surface area is 128 Å². The van der Waals surface area contributed by atoms with Crippen molar-refractivity contribution in [3.63, 3.8) is 0 Å². The van der Waals surface area contributed by atoms with Crippen LogP contribution in [0.1, 0.15) is 25.8 Å². The van der Waals surface area contributed by atoms with Crippen LogP contribution in [0.15, 0.2) is 12.3 Å². The fraction of sp³-hybridized carbons (Fsp3) is 0.667. The van der Waals surface area contributed by atoms with E-state index in [0.717, 1.165) is 42.5 Å². The quantitative estimate of drug-likeness (QED) is 0.799. The van der Waals surface area contributed by atoms with E-state index in [4.69, 9.17) is 11.6 Å². The molecule has 1 rings (SSSR count). The molecule has 1 aromatic heterocycles. The van der Waals surface area contributed by atoms with Gasteiger partial charge in [0.2, 0.25) is 0 Å². The third kappa shape index (κ3) is 6.07. The summed E-state index contributed by atoms with van der Waals surface area (Å²) >= 11 is 6.20. The molecule has 114 valence electrons. The molecule has 20 heavy (non-hydrogen) atoms. The van der Waals surface area contributed by atoms with Crippen LogP contribution < -0.4 is 10.2 Å². The number of aromatic nitrogens is 1. The monoisotopic (exact) mass is 298 g/mol. The molecule has 0 aliphatic heterocycles. The molecule has 5 heteroatoms. The molecule has 4 nitrogen and oxygen atoms in total. The van der Waals surface area contributed by atoms with E-state index < -0.39 is 0 Å². The highest BCUT2D eigenvalue weighted by Gasteiger charge is 2.08. The number of nitrogens with zero attached hydrogens (tertiary/aromatic N) is 3. The Bertz CT molecular complexity index is 407. The highest BCUT2D eigenvalue weighted by atomic mass is 35.5. The fourth-order valence-corrected chi connectivity index (χ4v) is 2.03. The molecule has 1 aromatic rings. The van der Waals surface area contributed by atoms with E-state index in [0.29, 0.717) is 6.04 Å². The number of halogens is 1. The van der Waals surface area contributed by atoms with Crippen LogP contribution in [0, 0.1) is 0 Å². The van der Waals surface area contributed by atoms with Crippen molar-refractivity contribution in [1.29, 1.82) is 0 Å². The first kappa shape index (κ1) is 17.2. The number of rotatable bonds is 8. The van der Waals surface area contributed by atoms with E-state index in [-0.39, 0.29) is 0 Å². The van der Waals surface area contributed by atoms with E-state index in [1.54, 1.807) is 6.20 Å². The van der Waals surface area contributed by atoms with E-state index >= 15 is 0 Å². The van der Waals surface area contributed by atoms with Crippen molar-refractivity contribution >= 4 is 17.4 Å². The van der Waals surface area contributed by atoms with Gasteiger partial charge in [-0.15, -0.1) is 0 Å². The Morgan fingerprint density at radius 2 is 1.95 bits per heavy atom. The van der Waals surface area contributed by atoms with Crippen molar-refractivity contribution < 1.29 is 0 Å². The topological polar surface area (TPSA) is 31.4 Å². The van der Waals surface area contributed by atoms with E-state index in [1.807, 2.05) is 0 Å².